The molecule has 1 rings (SSSR count). The van der Waals surface area contributed by atoms with Gasteiger partial charge < -0.3 is 0 Å². The minimum absolute atomic E-state index is 0.335. The smallest absolute Gasteiger partial charge is 0.113 e. The molecule has 86 valence electrons. The molecule has 1 aliphatic carbocycles. The molecule has 0 bridgehead atoms. The molecule has 1 aliphatic rings. The summed E-state index contributed by atoms with van der Waals surface area (Å²) in [4.78, 5) is 0. The van der Waals surface area contributed by atoms with Crippen LogP contribution in [0.4, 0.5) is 0 Å². The third kappa shape index (κ3) is 4.44. The first kappa shape index (κ1) is 12.9. The fourth-order valence-corrected chi connectivity index (χ4v) is 3.48. The molecule has 0 aliphatic heterocycles. The van der Waals surface area contributed by atoms with Crippen LogP contribution in [0.2, 0.25) is 0 Å². The number of hydrogen-bond acceptors (Lipinski definition) is 3. The third-order valence-corrected chi connectivity index (χ3v) is 4.52. The summed E-state index contributed by atoms with van der Waals surface area (Å²) in [5.41, 5.74) is -0.335. The number of nitrogens with one attached hydrogen (secondary N) is 1. The lowest BCUT2D eigenvalue weighted by molar-refractivity contribution is 0.510. The second-order valence-electron chi connectivity index (χ2n) is 4.64. The van der Waals surface area contributed by atoms with E-state index in [1.54, 1.807) is 0 Å². The maximum absolute atomic E-state index is 9.08. The number of hydrogen-bond donors (Lipinski definition) is 1. The van der Waals surface area contributed by atoms with E-state index in [1.165, 1.54) is 31.4 Å². The summed E-state index contributed by atoms with van der Waals surface area (Å²) in [5.74, 6) is 3.07. The van der Waals surface area contributed by atoms with Crippen LogP contribution in [-0.4, -0.2) is 23.6 Å². The number of nitrogens with zero attached hydrogens (tertiary/aromatic N) is 1. The lowest BCUT2D eigenvalue weighted by Crippen LogP contribution is -2.43. The molecule has 3 heteroatoms. The van der Waals surface area contributed by atoms with Crippen LogP contribution in [0.15, 0.2) is 0 Å². The van der Waals surface area contributed by atoms with E-state index in [0.29, 0.717) is 0 Å². The van der Waals surface area contributed by atoms with Crippen molar-refractivity contribution in [2.24, 2.45) is 5.92 Å². The van der Waals surface area contributed by atoms with Gasteiger partial charge in [0.25, 0.3) is 0 Å². The predicted octanol–water partition coefficient (Wildman–Crippen LogP) is 2.80. The van der Waals surface area contributed by atoms with Crippen LogP contribution in [0.5, 0.6) is 0 Å². The van der Waals surface area contributed by atoms with Crippen LogP contribution in [0.1, 0.15) is 39.5 Å². The van der Waals surface area contributed by atoms with Crippen molar-refractivity contribution in [1.29, 1.82) is 5.26 Å². The highest BCUT2D eigenvalue weighted by Crippen LogP contribution is 2.28. The van der Waals surface area contributed by atoms with E-state index in [2.05, 4.69) is 18.3 Å². The monoisotopic (exact) mass is 226 g/mol. The van der Waals surface area contributed by atoms with Crippen molar-refractivity contribution in [3.8, 4) is 6.07 Å². The highest BCUT2D eigenvalue weighted by Gasteiger charge is 2.23. The SMILES string of the molecule is CCNC(C)(C#N)CSCC1CCCC1. The highest BCUT2D eigenvalue weighted by atomic mass is 32.2. The minimum Gasteiger partial charge on any atom is -0.299 e. The Morgan fingerprint density at radius 3 is 2.67 bits per heavy atom. The average Bonchev–Trinajstić information content (AvgIpc) is 2.71. The molecule has 1 N–H and O–H groups in total. The van der Waals surface area contributed by atoms with E-state index in [9.17, 15) is 0 Å². The topological polar surface area (TPSA) is 35.8 Å². The summed E-state index contributed by atoms with van der Waals surface area (Å²) < 4.78 is 0. The number of thioether (sulfide) groups is 1. The van der Waals surface area contributed by atoms with Crippen LogP contribution < -0.4 is 5.32 Å². The van der Waals surface area contributed by atoms with Gasteiger partial charge in [-0.05, 0) is 38.0 Å². The maximum atomic E-state index is 9.08. The van der Waals surface area contributed by atoms with Crippen molar-refractivity contribution in [2.75, 3.05) is 18.1 Å². The molecule has 0 radical (unpaired) electrons. The molecule has 0 aromatic heterocycles. The Hall–Kier alpha value is -0.200. The molecule has 1 saturated carbocycles. The van der Waals surface area contributed by atoms with E-state index in [1.807, 2.05) is 18.7 Å². The van der Waals surface area contributed by atoms with Gasteiger partial charge in [0.15, 0.2) is 0 Å². The fraction of sp³-hybridized carbons (Fsp3) is 0.917. The van der Waals surface area contributed by atoms with Gasteiger partial charge >= 0.3 is 0 Å². The molecule has 1 fully saturated rings. The Morgan fingerprint density at radius 1 is 1.47 bits per heavy atom. The lowest BCUT2D eigenvalue weighted by atomic mass is 10.1. The van der Waals surface area contributed by atoms with Gasteiger partial charge in [-0.25, -0.2) is 0 Å². The van der Waals surface area contributed by atoms with Gasteiger partial charge in [0.2, 0.25) is 0 Å². The Morgan fingerprint density at radius 2 is 2.13 bits per heavy atom. The minimum atomic E-state index is -0.335. The molecule has 1 atom stereocenters. The Labute approximate surface area is 97.8 Å². The van der Waals surface area contributed by atoms with Crippen molar-refractivity contribution in [1.82, 2.24) is 5.32 Å². The summed E-state index contributed by atoms with van der Waals surface area (Å²) in [6, 6.07) is 2.37. The predicted molar refractivity (Wildman–Crippen MR) is 67.0 cm³/mol. The third-order valence-electron chi connectivity index (χ3n) is 3.03. The zero-order chi connectivity index (χ0) is 11.1. The molecule has 0 spiro atoms. The molecule has 0 saturated heterocycles. The standard InChI is InChI=1S/C12H22N2S/c1-3-14-12(2,9-13)10-15-8-11-6-4-5-7-11/h11,14H,3-8,10H2,1-2H3. The molecule has 0 amide bonds. The fourth-order valence-electron chi connectivity index (χ4n) is 2.12. The first-order valence-electron chi connectivity index (χ1n) is 5.94. The van der Waals surface area contributed by atoms with Crippen LogP contribution in [0.25, 0.3) is 0 Å². The van der Waals surface area contributed by atoms with Crippen LogP contribution in [0, 0.1) is 17.2 Å². The lowest BCUT2D eigenvalue weighted by Gasteiger charge is -2.22. The maximum Gasteiger partial charge on any atom is 0.113 e. The molecular formula is C12H22N2S. The number of nitriles is 1. The summed E-state index contributed by atoms with van der Waals surface area (Å²) >= 11 is 1.94. The van der Waals surface area contributed by atoms with Crippen molar-refractivity contribution in [3.05, 3.63) is 0 Å². The summed E-state index contributed by atoms with van der Waals surface area (Å²) in [7, 11) is 0. The first-order chi connectivity index (χ1) is 7.20. The van der Waals surface area contributed by atoms with Gasteiger partial charge in [-0.3, -0.25) is 5.32 Å². The van der Waals surface area contributed by atoms with Crippen molar-refractivity contribution >= 4 is 11.8 Å². The van der Waals surface area contributed by atoms with E-state index in [-0.39, 0.29) is 5.54 Å². The van der Waals surface area contributed by atoms with E-state index < -0.39 is 0 Å². The van der Waals surface area contributed by atoms with Gasteiger partial charge in [0.1, 0.15) is 5.54 Å². The van der Waals surface area contributed by atoms with E-state index in [4.69, 9.17) is 5.26 Å². The van der Waals surface area contributed by atoms with Crippen molar-refractivity contribution in [3.63, 3.8) is 0 Å². The normalized spacial score (nSPS) is 21.1. The van der Waals surface area contributed by atoms with E-state index in [0.717, 1.165) is 18.2 Å². The van der Waals surface area contributed by atoms with Gasteiger partial charge in [0.05, 0.1) is 6.07 Å². The molecular weight excluding hydrogens is 204 g/mol. The van der Waals surface area contributed by atoms with Crippen molar-refractivity contribution in [2.45, 2.75) is 45.1 Å². The van der Waals surface area contributed by atoms with Gasteiger partial charge in [-0.2, -0.15) is 17.0 Å². The molecule has 0 heterocycles. The Kier molecular flexibility index (Phi) is 5.49. The zero-order valence-corrected chi connectivity index (χ0v) is 10.7. The second kappa shape index (κ2) is 6.40. The molecule has 0 aromatic rings. The summed E-state index contributed by atoms with van der Waals surface area (Å²) in [5, 5.41) is 12.3. The Balaban J connectivity index is 2.19. The largest absolute Gasteiger partial charge is 0.299 e. The average molecular weight is 226 g/mol. The molecule has 2 nitrogen and oxygen atoms in total. The zero-order valence-electron chi connectivity index (χ0n) is 9.88. The first-order valence-corrected chi connectivity index (χ1v) is 7.09. The summed E-state index contributed by atoms with van der Waals surface area (Å²) in [6.07, 6.45) is 5.62. The van der Waals surface area contributed by atoms with Gasteiger partial charge in [-0.1, -0.05) is 19.8 Å². The Bertz CT molecular complexity index is 218. The second-order valence-corrected chi connectivity index (χ2v) is 5.67. The molecule has 15 heavy (non-hydrogen) atoms. The van der Waals surface area contributed by atoms with Crippen molar-refractivity contribution < 1.29 is 0 Å². The molecule has 0 aromatic carbocycles. The van der Waals surface area contributed by atoms with Gasteiger partial charge in [0, 0.05) is 5.75 Å². The molecule has 1 unspecified atom stereocenters. The summed E-state index contributed by atoms with van der Waals surface area (Å²) in [6.45, 7) is 4.92. The van der Waals surface area contributed by atoms with Crippen LogP contribution in [-0.2, 0) is 0 Å². The van der Waals surface area contributed by atoms with Crippen LogP contribution >= 0.6 is 11.8 Å². The van der Waals surface area contributed by atoms with Gasteiger partial charge in [-0.15, -0.1) is 0 Å². The highest BCUT2D eigenvalue weighted by molar-refractivity contribution is 7.99. The quantitative estimate of drug-likeness (QED) is 0.756. The van der Waals surface area contributed by atoms with E-state index >= 15 is 0 Å². The van der Waals surface area contributed by atoms with Crippen LogP contribution in [0.3, 0.4) is 0 Å². The number of rotatable bonds is 6.